The molecule has 0 spiro atoms. The van der Waals surface area contributed by atoms with E-state index in [-0.39, 0.29) is 30.3 Å². The summed E-state index contributed by atoms with van der Waals surface area (Å²) in [6.07, 6.45) is 7.90. The van der Waals surface area contributed by atoms with E-state index in [1.54, 1.807) is 28.0 Å². The Morgan fingerprint density at radius 1 is 1.39 bits per heavy atom. The molecule has 1 N–H and O–H groups in total. The van der Waals surface area contributed by atoms with Crippen LogP contribution >= 0.6 is 0 Å². The molecule has 142 valence electrons. The van der Waals surface area contributed by atoms with Crippen LogP contribution < -0.4 is 4.74 Å². The molecule has 0 unspecified atom stereocenters. The summed E-state index contributed by atoms with van der Waals surface area (Å²) in [6, 6.07) is 3.51. The van der Waals surface area contributed by atoms with E-state index in [0.717, 1.165) is 12.8 Å². The molecule has 3 aromatic heterocycles. The number of amides is 1. The molecule has 0 bridgehead atoms. The molecule has 10 nitrogen and oxygen atoms in total. The van der Waals surface area contributed by atoms with E-state index >= 15 is 0 Å². The second-order valence-electron chi connectivity index (χ2n) is 6.45. The van der Waals surface area contributed by atoms with Crippen molar-refractivity contribution in [2.75, 3.05) is 13.1 Å². The van der Waals surface area contributed by atoms with Gasteiger partial charge in [0.05, 0.1) is 41.6 Å². The summed E-state index contributed by atoms with van der Waals surface area (Å²) in [5.74, 6) is 0.0707. The first-order valence-corrected chi connectivity index (χ1v) is 8.81. The third-order valence-corrected chi connectivity index (χ3v) is 4.60. The zero-order valence-electron chi connectivity index (χ0n) is 14.9. The smallest absolute Gasteiger partial charge is 0.326 e. The minimum atomic E-state index is -0.186. The second-order valence-corrected chi connectivity index (χ2v) is 6.45. The Labute approximate surface area is 160 Å². The van der Waals surface area contributed by atoms with Crippen LogP contribution in [-0.2, 0) is 4.79 Å². The Balaban J connectivity index is 1.49. The standard InChI is InChI=1S/C18H17N7O3/c19-5-3-16(26)24-7-1-2-12(10-24)25-11-13(8-21-25)28-18-22-15-9-20-6-4-14(15)17(27)23-18/h4,6,8-9,11-12H,1-3,7,10H2,(H,22,23,27)/t12-/m1/s1. The number of carbonyl (C=O) groups excluding carboxylic acids is 1. The van der Waals surface area contributed by atoms with Gasteiger partial charge in [0.1, 0.15) is 6.42 Å². The summed E-state index contributed by atoms with van der Waals surface area (Å²) in [7, 11) is 0. The molecule has 1 aliphatic rings. The topological polar surface area (TPSA) is 130 Å². The molecule has 0 radical (unpaired) electrons. The average Bonchev–Trinajstić information content (AvgIpc) is 3.17. The molecular weight excluding hydrogens is 362 g/mol. The molecule has 28 heavy (non-hydrogen) atoms. The third-order valence-electron chi connectivity index (χ3n) is 4.60. The first-order chi connectivity index (χ1) is 13.6. The lowest BCUT2D eigenvalue weighted by Crippen LogP contribution is -2.40. The average molecular weight is 379 g/mol. The maximum atomic E-state index is 12.0. The number of nitriles is 1. The molecule has 0 aliphatic carbocycles. The molecule has 1 amide bonds. The van der Waals surface area contributed by atoms with Crippen LogP contribution in [0.5, 0.6) is 17.6 Å². The van der Waals surface area contributed by atoms with E-state index < -0.39 is 0 Å². The number of ether oxygens (including phenoxy) is 1. The predicted octanol–water partition coefficient (Wildman–Crippen LogP) is 1.80. The van der Waals surface area contributed by atoms with Gasteiger partial charge in [0.2, 0.25) is 11.8 Å². The van der Waals surface area contributed by atoms with Crippen molar-refractivity contribution < 1.29 is 14.6 Å². The molecule has 1 aliphatic heterocycles. The van der Waals surface area contributed by atoms with E-state index in [9.17, 15) is 9.90 Å². The summed E-state index contributed by atoms with van der Waals surface area (Å²) in [4.78, 5) is 25.8. The molecule has 3 aromatic rings. The number of rotatable bonds is 4. The van der Waals surface area contributed by atoms with E-state index in [0.29, 0.717) is 29.7 Å². The van der Waals surface area contributed by atoms with Gasteiger partial charge in [-0.3, -0.25) is 14.5 Å². The molecule has 0 aromatic carbocycles. The van der Waals surface area contributed by atoms with Gasteiger partial charge >= 0.3 is 6.01 Å². The quantitative estimate of drug-likeness (QED) is 0.726. The van der Waals surface area contributed by atoms with Crippen molar-refractivity contribution in [2.45, 2.75) is 25.3 Å². The number of likely N-dealkylation sites (tertiary alicyclic amines) is 1. The van der Waals surface area contributed by atoms with Crippen LogP contribution in [0.25, 0.3) is 10.9 Å². The fourth-order valence-electron chi connectivity index (χ4n) is 3.24. The van der Waals surface area contributed by atoms with Gasteiger partial charge in [-0.05, 0) is 18.9 Å². The number of hydrogen-bond acceptors (Lipinski definition) is 8. The van der Waals surface area contributed by atoms with E-state index in [4.69, 9.17) is 10.00 Å². The number of aromatic hydroxyl groups is 1. The summed E-state index contributed by atoms with van der Waals surface area (Å²) in [5.41, 5.74) is 0.469. The van der Waals surface area contributed by atoms with Crippen LogP contribution in [0.4, 0.5) is 0 Å². The van der Waals surface area contributed by atoms with Gasteiger partial charge in [-0.2, -0.15) is 20.3 Å². The number of aromatic nitrogens is 5. The van der Waals surface area contributed by atoms with Gasteiger partial charge in [0.25, 0.3) is 0 Å². The van der Waals surface area contributed by atoms with Gasteiger partial charge in [0, 0.05) is 19.3 Å². The normalized spacial score (nSPS) is 16.7. The maximum absolute atomic E-state index is 12.0. The van der Waals surface area contributed by atoms with Crippen LogP contribution in [0.3, 0.4) is 0 Å². The molecule has 1 fully saturated rings. The summed E-state index contributed by atoms with van der Waals surface area (Å²) >= 11 is 0. The Morgan fingerprint density at radius 3 is 3.14 bits per heavy atom. The lowest BCUT2D eigenvalue weighted by molar-refractivity contribution is -0.131. The maximum Gasteiger partial charge on any atom is 0.326 e. The zero-order chi connectivity index (χ0) is 19.5. The number of piperidine rings is 1. The summed E-state index contributed by atoms with van der Waals surface area (Å²) < 4.78 is 7.37. The van der Waals surface area contributed by atoms with Crippen molar-refractivity contribution in [1.82, 2.24) is 29.6 Å². The van der Waals surface area contributed by atoms with E-state index in [2.05, 4.69) is 20.1 Å². The highest BCUT2D eigenvalue weighted by atomic mass is 16.5. The Hall–Kier alpha value is -3.74. The molecule has 1 atom stereocenters. The Kier molecular flexibility index (Phi) is 4.72. The SMILES string of the molecule is N#CCC(=O)N1CCC[C@@H](n2cc(Oc3nc(O)c4ccncc4n3)cn2)C1. The van der Waals surface area contributed by atoms with E-state index in [1.165, 1.54) is 12.4 Å². The van der Waals surface area contributed by atoms with Gasteiger partial charge in [0.15, 0.2) is 5.75 Å². The molecule has 0 saturated carbocycles. The van der Waals surface area contributed by atoms with Crippen molar-refractivity contribution >= 4 is 16.8 Å². The van der Waals surface area contributed by atoms with E-state index in [1.807, 2.05) is 6.07 Å². The largest absolute Gasteiger partial charge is 0.493 e. The van der Waals surface area contributed by atoms with Crippen molar-refractivity contribution in [3.05, 3.63) is 30.9 Å². The van der Waals surface area contributed by atoms with Crippen LogP contribution in [0.15, 0.2) is 30.9 Å². The number of nitrogens with zero attached hydrogens (tertiary/aromatic N) is 7. The molecular formula is C18H17N7O3. The zero-order valence-corrected chi connectivity index (χ0v) is 14.9. The highest BCUT2D eigenvalue weighted by molar-refractivity contribution is 5.82. The number of pyridine rings is 1. The van der Waals surface area contributed by atoms with Gasteiger partial charge in [-0.1, -0.05) is 0 Å². The van der Waals surface area contributed by atoms with Gasteiger partial charge in [-0.15, -0.1) is 0 Å². The fraction of sp³-hybridized carbons (Fsp3) is 0.333. The monoisotopic (exact) mass is 379 g/mol. The Bertz CT molecular complexity index is 1060. The van der Waals surface area contributed by atoms with Crippen LogP contribution in [0.1, 0.15) is 25.3 Å². The van der Waals surface area contributed by atoms with Crippen molar-refractivity contribution in [3.63, 3.8) is 0 Å². The fourth-order valence-corrected chi connectivity index (χ4v) is 3.24. The van der Waals surface area contributed by atoms with Crippen LogP contribution in [0.2, 0.25) is 0 Å². The first kappa shape index (κ1) is 17.7. The molecule has 1 saturated heterocycles. The summed E-state index contributed by atoms with van der Waals surface area (Å²) in [6.45, 7) is 1.15. The van der Waals surface area contributed by atoms with Gasteiger partial charge in [-0.25, -0.2) is 0 Å². The lowest BCUT2D eigenvalue weighted by Gasteiger charge is -2.32. The second kappa shape index (κ2) is 7.48. The Morgan fingerprint density at radius 2 is 2.29 bits per heavy atom. The predicted molar refractivity (Wildman–Crippen MR) is 96.4 cm³/mol. The molecule has 4 heterocycles. The number of hydrogen-bond donors (Lipinski definition) is 1. The van der Waals surface area contributed by atoms with Crippen molar-refractivity contribution in [3.8, 4) is 23.7 Å². The highest BCUT2D eigenvalue weighted by Crippen LogP contribution is 2.27. The minimum Gasteiger partial charge on any atom is -0.493 e. The van der Waals surface area contributed by atoms with Crippen molar-refractivity contribution in [1.29, 1.82) is 5.26 Å². The minimum absolute atomic E-state index is 0.00358. The third kappa shape index (κ3) is 3.55. The first-order valence-electron chi connectivity index (χ1n) is 8.81. The number of carbonyl (C=O) groups is 1. The number of fused-ring (bicyclic) bond motifs is 1. The summed E-state index contributed by atoms with van der Waals surface area (Å²) in [5, 5.41) is 23.5. The molecule has 10 heteroatoms. The van der Waals surface area contributed by atoms with Gasteiger partial charge < -0.3 is 14.7 Å². The highest BCUT2D eigenvalue weighted by Gasteiger charge is 2.25. The van der Waals surface area contributed by atoms with Crippen molar-refractivity contribution in [2.24, 2.45) is 0 Å². The lowest BCUT2D eigenvalue weighted by atomic mass is 10.1. The van der Waals surface area contributed by atoms with Crippen LogP contribution in [-0.4, -0.2) is 53.7 Å². The van der Waals surface area contributed by atoms with Crippen LogP contribution in [0, 0.1) is 11.3 Å². The molecule has 4 rings (SSSR count).